The van der Waals surface area contributed by atoms with Crippen molar-refractivity contribution in [3.63, 3.8) is 0 Å². The average Bonchev–Trinajstić information content (AvgIpc) is 2.71. The van der Waals surface area contributed by atoms with Crippen molar-refractivity contribution in [2.24, 2.45) is 5.73 Å². The van der Waals surface area contributed by atoms with Gasteiger partial charge in [-0.05, 0) is 26.7 Å². The molecule has 2 rings (SSSR count). The minimum atomic E-state index is -3.56. The van der Waals surface area contributed by atoms with Gasteiger partial charge in [-0.3, -0.25) is 0 Å². The quantitative estimate of drug-likeness (QED) is 0.858. The number of nitrogens with one attached hydrogen (secondary N) is 1. The van der Waals surface area contributed by atoms with E-state index in [-0.39, 0.29) is 23.6 Å². The fraction of sp³-hybridized carbons (Fsp3) is 0.667. The molecule has 0 bridgehead atoms. The zero-order valence-electron chi connectivity index (χ0n) is 11.2. The van der Waals surface area contributed by atoms with E-state index in [0.29, 0.717) is 31.0 Å². The van der Waals surface area contributed by atoms with Crippen molar-refractivity contribution in [3.8, 4) is 0 Å². The van der Waals surface area contributed by atoms with Crippen molar-refractivity contribution in [1.82, 2.24) is 4.72 Å². The van der Waals surface area contributed by atoms with Gasteiger partial charge in [-0.25, -0.2) is 13.1 Å². The van der Waals surface area contributed by atoms with Crippen molar-refractivity contribution < 1.29 is 17.6 Å². The summed E-state index contributed by atoms with van der Waals surface area (Å²) >= 11 is 0. The molecule has 1 aromatic heterocycles. The molecule has 1 fully saturated rings. The summed E-state index contributed by atoms with van der Waals surface area (Å²) in [5.74, 6) is 0.839. The lowest BCUT2D eigenvalue weighted by atomic mass is 10.1. The number of sulfonamides is 1. The molecule has 1 aliphatic heterocycles. The molecule has 2 heterocycles. The lowest BCUT2D eigenvalue weighted by Crippen LogP contribution is -2.41. The highest BCUT2D eigenvalue weighted by molar-refractivity contribution is 7.89. The van der Waals surface area contributed by atoms with Crippen molar-refractivity contribution >= 4 is 10.0 Å². The lowest BCUT2D eigenvalue weighted by Gasteiger charge is -2.27. The second kappa shape index (κ2) is 5.62. The predicted molar refractivity (Wildman–Crippen MR) is 70.1 cm³/mol. The summed E-state index contributed by atoms with van der Waals surface area (Å²) in [5.41, 5.74) is 5.45. The van der Waals surface area contributed by atoms with Crippen LogP contribution >= 0.6 is 0 Å². The standard InChI is InChI=1S/C12H20N2O4S/c1-8-5-10(3-4-17-8)14-19(15,16)12-6-11(7-13)18-9(12)2/h6,8,10,14H,3-5,7,13H2,1-2H3. The van der Waals surface area contributed by atoms with Gasteiger partial charge in [0.1, 0.15) is 16.4 Å². The maximum absolute atomic E-state index is 12.3. The van der Waals surface area contributed by atoms with E-state index in [9.17, 15) is 8.42 Å². The number of hydrogen-bond donors (Lipinski definition) is 2. The van der Waals surface area contributed by atoms with E-state index in [4.69, 9.17) is 14.9 Å². The highest BCUT2D eigenvalue weighted by Crippen LogP contribution is 2.22. The number of ether oxygens (including phenoxy) is 1. The Kier molecular flexibility index (Phi) is 4.29. The van der Waals surface area contributed by atoms with Gasteiger partial charge >= 0.3 is 0 Å². The van der Waals surface area contributed by atoms with E-state index in [1.165, 1.54) is 6.07 Å². The number of hydrogen-bond acceptors (Lipinski definition) is 5. The predicted octanol–water partition coefficient (Wildman–Crippen LogP) is 0.893. The number of nitrogens with two attached hydrogens (primary N) is 1. The molecule has 1 saturated heterocycles. The third kappa shape index (κ3) is 3.36. The van der Waals surface area contributed by atoms with E-state index < -0.39 is 10.0 Å². The second-order valence-corrected chi connectivity index (χ2v) is 6.54. The Hall–Kier alpha value is -0.890. The van der Waals surface area contributed by atoms with Crippen LogP contribution in [0.25, 0.3) is 0 Å². The molecule has 0 saturated carbocycles. The highest BCUT2D eigenvalue weighted by Gasteiger charge is 2.27. The lowest BCUT2D eigenvalue weighted by molar-refractivity contribution is 0.0173. The van der Waals surface area contributed by atoms with Crippen LogP contribution in [-0.2, 0) is 21.3 Å². The van der Waals surface area contributed by atoms with E-state index in [2.05, 4.69) is 4.72 Å². The molecule has 108 valence electrons. The van der Waals surface area contributed by atoms with E-state index in [1.807, 2.05) is 6.92 Å². The Balaban J connectivity index is 2.15. The van der Waals surface area contributed by atoms with Crippen LogP contribution in [0.1, 0.15) is 31.3 Å². The molecular weight excluding hydrogens is 268 g/mol. The van der Waals surface area contributed by atoms with Gasteiger partial charge in [-0.15, -0.1) is 0 Å². The molecule has 3 N–H and O–H groups in total. The molecule has 6 nitrogen and oxygen atoms in total. The van der Waals surface area contributed by atoms with Crippen LogP contribution < -0.4 is 10.5 Å². The Morgan fingerprint density at radius 1 is 1.53 bits per heavy atom. The van der Waals surface area contributed by atoms with Crippen molar-refractivity contribution in [2.75, 3.05) is 6.61 Å². The van der Waals surface area contributed by atoms with E-state index in [1.54, 1.807) is 6.92 Å². The van der Waals surface area contributed by atoms with Crippen LogP contribution in [0, 0.1) is 6.92 Å². The molecule has 0 radical (unpaired) electrons. The van der Waals surface area contributed by atoms with E-state index in [0.717, 1.165) is 0 Å². The van der Waals surface area contributed by atoms with Crippen LogP contribution in [0.3, 0.4) is 0 Å². The fourth-order valence-electron chi connectivity index (χ4n) is 2.28. The fourth-order valence-corrected chi connectivity index (χ4v) is 3.77. The van der Waals surface area contributed by atoms with Gasteiger partial charge < -0.3 is 14.9 Å². The number of furan rings is 1. The smallest absolute Gasteiger partial charge is 0.244 e. The Morgan fingerprint density at radius 3 is 2.84 bits per heavy atom. The third-order valence-corrected chi connectivity index (χ3v) is 4.85. The maximum Gasteiger partial charge on any atom is 0.244 e. The van der Waals surface area contributed by atoms with Gasteiger partial charge in [0, 0.05) is 18.7 Å². The maximum atomic E-state index is 12.3. The summed E-state index contributed by atoms with van der Waals surface area (Å²) in [6.45, 7) is 4.33. The summed E-state index contributed by atoms with van der Waals surface area (Å²) < 4.78 is 38.0. The van der Waals surface area contributed by atoms with E-state index >= 15 is 0 Å². The molecule has 1 aromatic rings. The zero-order valence-corrected chi connectivity index (χ0v) is 12.0. The molecule has 2 atom stereocenters. The molecule has 0 spiro atoms. The SMILES string of the molecule is Cc1oc(CN)cc1S(=O)(=O)NC1CCOC(C)C1. The molecule has 0 aromatic carbocycles. The number of aryl methyl sites for hydroxylation is 1. The van der Waals surface area contributed by atoms with Gasteiger partial charge in [0.25, 0.3) is 0 Å². The van der Waals surface area contributed by atoms with Crippen LogP contribution in [0.5, 0.6) is 0 Å². The summed E-state index contributed by atoms with van der Waals surface area (Å²) in [6, 6.07) is 1.39. The first-order valence-electron chi connectivity index (χ1n) is 6.35. The monoisotopic (exact) mass is 288 g/mol. The molecule has 7 heteroatoms. The van der Waals surface area contributed by atoms with Gasteiger partial charge in [0.2, 0.25) is 10.0 Å². The van der Waals surface area contributed by atoms with Crippen LogP contribution in [0.2, 0.25) is 0 Å². The molecule has 2 unspecified atom stereocenters. The van der Waals surface area contributed by atoms with Crippen LogP contribution in [0.15, 0.2) is 15.4 Å². The first-order chi connectivity index (χ1) is 8.92. The summed E-state index contributed by atoms with van der Waals surface area (Å²) in [5, 5.41) is 0. The topological polar surface area (TPSA) is 94.6 Å². The molecule has 1 aliphatic rings. The normalized spacial score (nSPS) is 24.6. The first-order valence-corrected chi connectivity index (χ1v) is 7.84. The minimum absolute atomic E-state index is 0.0755. The van der Waals surface area contributed by atoms with Crippen LogP contribution in [0.4, 0.5) is 0 Å². The second-order valence-electron chi connectivity index (χ2n) is 4.86. The summed E-state index contributed by atoms with van der Waals surface area (Å²) in [6.07, 6.45) is 1.44. The van der Waals surface area contributed by atoms with Crippen molar-refractivity contribution in [1.29, 1.82) is 0 Å². The third-order valence-electron chi connectivity index (χ3n) is 3.22. The van der Waals surface area contributed by atoms with Crippen molar-refractivity contribution in [3.05, 3.63) is 17.6 Å². The molecular formula is C12H20N2O4S. The average molecular weight is 288 g/mol. The summed E-state index contributed by atoms with van der Waals surface area (Å²) in [7, 11) is -3.56. The van der Waals surface area contributed by atoms with Gasteiger partial charge in [0.15, 0.2) is 0 Å². The van der Waals surface area contributed by atoms with Gasteiger partial charge in [-0.1, -0.05) is 0 Å². The summed E-state index contributed by atoms with van der Waals surface area (Å²) in [4.78, 5) is 0.173. The molecule has 19 heavy (non-hydrogen) atoms. The Bertz CT molecular complexity index is 538. The number of rotatable bonds is 4. The Labute approximate surface area is 113 Å². The Morgan fingerprint density at radius 2 is 2.26 bits per heavy atom. The van der Waals surface area contributed by atoms with Gasteiger partial charge in [-0.2, -0.15) is 0 Å². The highest BCUT2D eigenvalue weighted by atomic mass is 32.2. The van der Waals surface area contributed by atoms with Gasteiger partial charge in [0.05, 0.1) is 12.6 Å². The van der Waals surface area contributed by atoms with Crippen molar-refractivity contribution in [2.45, 2.75) is 50.3 Å². The molecule has 0 aliphatic carbocycles. The first kappa shape index (κ1) is 14.5. The minimum Gasteiger partial charge on any atom is -0.464 e. The zero-order chi connectivity index (χ0) is 14.0. The van der Waals surface area contributed by atoms with Crippen LogP contribution in [-0.4, -0.2) is 27.2 Å². The molecule has 0 amide bonds. The largest absolute Gasteiger partial charge is 0.464 e.